The zero-order chi connectivity index (χ0) is 17.8. The number of ether oxygens (including phenoxy) is 2. The van der Waals surface area contributed by atoms with E-state index in [2.05, 4.69) is 15.3 Å². The lowest BCUT2D eigenvalue weighted by molar-refractivity contribution is 0.102. The number of aromatic amines is 1. The number of anilines is 1. The molecule has 0 unspecified atom stereocenters. The maximum Gasteiger partial charge on any atom is 0.255 e. The average molecular weight is 337 g/mol. The minimum absolute atomic E-state index is 0.222. The maximum atomic E-state index is 12.6. The van der Waals surface area contributed by atoms with E-state index in [1.165, 1.54) is 7.11 Å². The number of hydrogen-bond acceptors (Lipinski definition) is 4. The van der Waals surface area contributed by atoms with Crippen LogP contribution in [0.2, 0.25) is 0 Å². The molecule has 0 aliphatic carbocycles. The van der Waals surface area contributed by atoms with Crippen molar-refractivity contribution in [3.63, 3.8) is 0 Å². The molecule has 1 amide bonds. The second-order valence-corrected chi connectivity index (χ2v) is 5.49. The zero-order valence-corrected chi connectivity index (χ0v) is 14.3. The van der Waals surface area contributed by atoms with E-state index in [4.69, 9.17) is 9.47 Å². The van der Waals surface area contributed by atoms with Crippen LogP contribution in [0, 0.1) is 6.92 Å². The number of carbonyl (C=O) groups excluding carboxylic acids is 1. The van der Waals surface area contributed by atoms with Crippen molar-refractivity contribution < 1.29 is 14.3 Å². The summed E-state index contributed by atoms with van der Waals surface area (Å²) in [6.45, 7) is 1.94. The summed E-state index contributed by atoms with van der Waals surface area (Å²) in [4.78, 5) is 19.9. The number of imidazole rings is 1. The number of amides is 1. The first-order chi connectivity index (χ1) is 12.1. The Hall–Kier alpha value is -3.28. The summed E-state index contributed by atoms with van der Waals surface area (Å²) in [7, 11) is 3.09. The van der Waals surface area contributed by atoms with Gasteiger partial charge >= 0.3 is 0 Å². The van der Waals surface area contributed by atoms with Crippen molar-refractivity contribution in [2.24, 2.45) is 0 Å². The molecule has 1 aromatic heterocycles. The number of nitrogens with one attached hydrogen (secondary N) is 2. The fourth-order valence-corrected chi connectivity index (χ4v) is 2.50. The lowest BCUT2D eigenvalue weighted by Gasteiger charge is -2.12. The van der Waals surface area contributed by atoms with Crippen LogP contribution in [0.25, 0.3) is 11.4 Å². The predicted molar refractivity (Wildman–Crippen MR) is 96.3 cm³/mol. The van der Waals surface area contributed by atoms with E-state index >= 15 is 0 Å². The number of methoxy groups -OCH3 is 2. The summed E-state index contributed by atoms with van der Waals surface area (Å²) in [6.07, 6.45) is 3.45. The molecule has 2 aromatic carbocycles. The zero-order valence-electron chi connectivity index (χ0n) is 14.3. The first kappa shape index (κ1) is 16.6. The third-order valence-electron chi connectivity index (χ3n) is 3.90. The highest BCUT2D eigenvalue weighted by molar-refractivity contribution is 6.05. The summed E-state index contributed by atoms with van der Waals surface area (Å²) in [5.74, 6) is 1.62. The number of aryl methyl sites for hydroxylation is 1. The van der Waals surface area contributed by atoms with Gasteiger partial charge in [0, 0.05) is 29.2 Å². The summed E-state index contributed by atoms with van der Waals surface area (Å²) in [6, 6.07) is 10.9. The molecule has 2 N–H and O–H groups in total. The van der Waals surface area contributed by atoms with Crippen LogP contribution in [0.15, 0.2) is 48.8 Å². The summed E-state index contributed by atoms with van der Waals surface area (Å²) in [5, 5.41) is 2.94. The average Bonchev–Trinajstić information content (AvgIpc) is 3.17. The standard InChI is InChI=1S/C19H19N3O3/c1-12-4-5-13(18-20-8-9-21-18)10-15(12)22-19(23)14-6-7-16(24-2)17(11-14)25-3/h4-11H,1-3H3,(H,20,21)(H,22,23). The molecule has 3 aromatic rings. The second kappa shape index (κ2) is 7.09. The largest absolute Gasteiger partial charge is 0.493 e. The third kappa shape index (κ3) is 3.47. The molecule has 128 valence electrons. The first-order valence-corrected chi connectivity index (χ1v) is 7.76. The monoisotopic (exact) mass is 337 g/mol. The molecular formula is C19H19N3O3. The van der Waals surface area contributed by atoms with Gasteiger partial charge in [0.1, 0.15) is 5.82 Å². The Morgan fingerprint density at radius 3 is 2.56 bits per heavy atom. The Morgan fingerprint density at radius 2 is 1.88 bits per heavy atom. The fourth-order valence-electron chi connectivity index (χ4n) is 2.50. The fraction of sp³-hybridized carbons (Fsp3) is 0.158. The Labute approximate surface area is 145 Å². The molecule has 6 nitrogen and oxygen atoms in total. The predicted octanol–water partition coefficient (Wildman–Crippen LogP) is 3.65. The number of hydrogen-bond donors (Lipinski definition) is 2. The molecule has 0 bridgehead atoms. The van der Waals surface area contributed by atoms with E-state index in [-0.39, 0.29) is 5.91 Å². The number of benzene rings is 2. The Balaban J connectivity index is 1.87. The van der Waals surface area contributed by atoms with Crippen LogP contribution in [-0.4, -0.2) is 30.1 Å². The molecule has 0 aliphatic rings. The minimum atomic E-state index is -0.222. The highest BCUT2D eigenvalue weighted by atomic mass is 16.5. The van der Waals surface area contributed by atoms with Gasteiger partial charge in [-0.3, -0.25) is 4.79 Å². The van der Waals surface area contributed by atoms with E-state index < -0.39 is 0 Å². The lowest BCUT2D eigenvalue weighted by atomic mass is 10.1. The highest BCUT2D eigenvalue weighted by Gasteiger charge is 2.13. The van der Waals surface area contributed by atoms with Gasteiger partial charge in [0.25, 0.3) is 5.91 Å². The van der Waals surface area contributed by atoms with E-state index in [0.29, 0.717) is 17.1 Å². The number of nitrogens with zero attached hydrogens (tertiary/aromatic N) is 1. The molecule has 0 aliphatic heterocycles. The molecule has 1 heterocycles. The van der Waals surface area contributed by atoms with Gasteiger partial charge in [-0.25, -0.2) is 4.98 Å². The van der Waals surface area contributed by atoms with Crippen molar-refractivity contribution in [3.8, 4) is 22.9 Å². The Kier molecular flexibility index (Phi) is 4.70. The van der Waals surface area contributed by atoms with Crippen LogP contribution >= 0.6 is 0 Å². The van der Waals surface area contributed by atoms with Crippen molar-refractivity contribution >= 4 is 11.6 Å². The van der Waals surface area contributed by atoms with Crippen LogP contribution in [0.3, 0.4) is 0 Å². The SMILES string of the molecule is COc1ccc(C(=O)Nc2cc(-c3ncc[nH]3)ccc2C)cc1OC. The minimum Gasteiger partial charge on any atom is -0.493 e. The number of rotatable bonds is 5. The molecule has 0 radical (unpaired) electrons. The molecule has 6 heteroatoms. The van der Waals surface area contributed by atoms with Crippen LogP contribution < -0.4 is 14.8 Å². The van der Waals surface area contributed by atoms with Crippen molar-refractivity contribution in [2.45, 2.75) is 6.92 Å². The van der Waals surface area contributed by atoms with Crippen LogP contribution in [0.4, 0.5) is 5.69 Å². The van der Waals surface area contributed by atoms with Gasteiger partial charge in [-0.1, -0.05) is 12.1 Å². The van der Waals surface area contributed by atoms with Crippen LogP contribution in [0.5, 0.6) is 11.5 Å². The molecule has 3 rings (SSSR count). The van der Waals surface area contributed by atoms with Crippen molar-refractivity contribution in [3.05, 3.63) is 59.9 Å². The summed E-state index contributed by atoms with van der Waals surface area (Å²) < 4.78 is 10.4. The molecular weight excluding hydrogens is 318 g/mol. The van der Waals surface area contributed by atoms with E-state index in [1.807, 2.05) is 25.1 Å². The van der Waals surface area contributed by atoms with E-state index in [9.17, 15) is 4.79 Å². The number of aromatic nitrogens is 2. The smallest absolute Gasteiger partial charge is 0.255 e. The Morgan fingerprint density at radius 1 is 1.08 bits per heavy atom. The summed E-state index contributed by atoms with van der Waals surface area (Å²) >= 11 is 0. The summed E-state index contributed by atoms with van der Waals surface area (Å²) in [5.41, 5.74) is 3.08. The third-order valence-corrected chi connectivity index (χ3v) is 3.90. The second-order valence-electron chi connectivity index (χ2n) is 5.49. The van der Waals surface area contributed by atoms with Gasteiger partial charge in [0.15, 0.2) is 11.5 Å². The van der Waals surface area contributed by atoms with Gasteiger partial charge in [-0.15, -0.1) is 0 Å². The molecule has 0 atom stereocenters. The number of carbonyl (C=O) groups is 1. The van der Waals surface area contributed by atoms with Gasteiger partial charge in [-0.05, 0) is 36.8 Å². The highest BCUT2D eigenvalue weighted by Crippen LogP contribution is 2.28. The molecule has 0 saturated carbocycles. The molecule has 25 heavy (non-hydrogen) atoms. The Bertz CT molecular complexity index is 889. The normalized spacial score (nSPS) is 10.4. The van der Waals surface area contributed by atoms with Crippen molar-refractivity contribution in [1.82, 2.24) is 9.97 Å². The van der Waals surface area contributed by atoms with E-state index in [0.717, 1.165) is 22.6 Å². The maximum absolute atomic E-state index is 12.6. The van der Waals surface area contributed by atoms with Gasteiger partial charge < -0.3 is 19.8 Å². The quantitative estimate of drug-likeness (QED) is 0.745. The molecule has 0 saturated heterocycles. The van der Waals surface area contributed by atoms with Crippen LogP contribution in [0.1, 0.15) is 15.9 Å². The first-order valence-electron chi connectivity index (χ1n) is 7.76. The molecule has 0 spiro atoms. The van der Waals surface area contributed by atoms with Gasteiger partial charge in [-0.2, -0.15) is 0 Å². The molecule has 0 fully saturated rings. The van der Waals surface area contributed by atoms with Crippen LogP contribution in [-0.2, 0) is 0 Å². The lowest BCUT2D eigenvalue weighted by Crippen LogP contribution is -2.13. The van der Waals surface area contributed by atoms with Crippen molar-refractivity contribution in [1.29, 1.82) is 0 Å². The topological polar surface area (TPSA) is 76.2 Å². The van der Waals surface area contributed by atoms with Crippen molar-refractivity contribution in [2.75, 3.05) is 19.5 Å². The number of H-pyrrole nitrogens is 1. The van der Waals surface area contributed by atoms with Gasteiger partial charge in [0.2, 0.25) is 0 Å². The van der Waals surface area contributed by atoms with Gasteiger partial charge in [0.05, 0.1) is 14.2 Å². The van der Waals surface area contributed by atoms with E-state index in [1.54, 1.807) is 37.7 Å².